The number of rotatable bonds is 7. The van der Waals surface area contributed by atoms with Crippen molar-refractivity contribution in [1.29, 1.82) is 0 Å². The standard InChI is InChI=1S/C64H66N4O/c1-61(2,3)46-24-21-43(22-25-46)44-23-29-56-55(35-44)54-28-27-53(40-58(54)68(56)60-38-48(31-32-65-60)63(7,8)9)69-52-20-16-19-50(39-52)66-41-67(57-30-26-47(37-59(57)66)62(4,5)6)51-34-45(42-17-14-13-15-18-42)33-49(36-51)64(10,11)12/h13-40H,41H2,1-12H3. The van der Waals surface area contributed by atoms with E-state index in [1.165, 1.54) is 67.0 Å². The highest BCUT2D eigenvalue weighted by Gasteiger charge is 2.31. The molecule has 0 atom stereocenters. The minimum absolute atomic E-state index is 0.0182. The Morgan fingerprint density at radius 1 is 0.391 bits per heavy atom. The van der Waals surface area contributed by atoms with Gasteiger partial charge in [0.1, 0.15) is 24.0 Å². The van der Waals surface area contributed by atoms with Gasteiger partial charge in [-0.3, -0.25) is 4.57 Å². The number of hydrogen-bond acceptors (Lipinski definition) is 4. The molecule has 1 aliphatic rings. The summed E-state index contributed by atoms with van der Waals surface area (Å²) in [6.45, 7) is 28.0. The number of nitrogens with zero attached hydrogens (tertiary/aromatic N) is 4. The van der Waals surface area contributed by atoms with Crippen LogP contribution in [0.5, 0.6) is 11.5 Å². The van der Waals surface area contributed by atoms with Crippen molar-refractivity contribution < 1.29 is 4.74 Å². The normalized spacial score (nSPS) is 13.4. The van der Waals surface area contributed by atoms with Crippen LogP contribution in [0, 0.1) is 0 Å². The van der Waals surface area contributed by atoms with Gasteiger partial charge in [-0.15, -0.1) is 0 Å². The van der Waals surface area contributed by atoms with Crippen LogP contribution in [0.25, 0.3) is 49.9 Å². The van der Waals surface area contributed by atoms with Gasteiger partial charge in [0.2, 0.25) is 0 Å². The molecule has 69 heavy (non-hydrogen) atoms. The molecule has 0 saturated carbocycles. The molecule has 0 bridgehead atoms. The smallest absolute Gasteiger partial charge is 0.137 e. The lowest BCUT2D eigenvalue weighted by atomic mass is 9.84. The molecule has 0 unspecified atom stereocenters. The van der Waals surface area contributed by atoms with Crippen molar-refractivity contribution in [3.63, 3.8) is 0 Å². The lowest BCUT2D eigenvalue weighted by Crippen LogP contribution is -2.24. The molecule has 0 N–H and O–H groups in total. The van der Waals surface area contributed by atoms with Crippen LogP contribution in [0.3, 0.4) is 0 Å². The summed E-state index contributed by atoms with van der Waals surface area (Å²) in [5, 5.41) is 2.33. The first-order chi connectivity index (χ1) is 32.7. The van der Waals surface area contributed by atoms with Gasteiger partial charge >= 0.3 is 0 Å². The molecule has 1 aliphatic heterocycles. The zero-order valence-corrected chi connectivity index (χ0v) is 42.6. The first-order valence-electron chi connectivity index (χ1n) is 24.5. The van der Waals surface area contributed by atoms with E-state index in [2.05, 4.69) is 261 Å². The third-order valence-electron chi connectivity index (χ3n) is 13.9. The topological polar surface area (TPSA) is 33.5 Å². The highest BCUT2D eigenvalue weighted by molar-refractivity contribution is 6.10. The van der Waals surface area contributed by atoms with Crippen LogP contribution in [-0.2, 0) is 21.7 Å². The van der Waals surface area contributed by atoms with Crippen LogP contribution < -0.4 is 14.5 Å². The molecular formula is C64H66N4O. The van der Waals surface area contributed by atoms with Gasteiger partial charge in [-0.05, 0) is 139 Å². The Labute approximate surface area is 410 Å². The van der Waals surface area contributed by atoms with E-state index in [1.54, 1.807) is 0 Å². The predicted octanol–water partition coefficient (Wildman–Crippen LogP) is 17.7. The van der Waals surface area contributed by atoms with Crippen molar-refractivity contribution in [2.45, 2.75) is 105 Å². The van der Waals surface area contributed by atoms with E-state index in [9.17, 15) is 0 Å². The van der Waals surface area contributed by atoms with Crippen molar-refractivity contribution >= 4 is 44.6 Å². The highest BCUT2D eigenvalue weighted by atomic mass is 16.5. The molecule has 3 heterocycles. The maximum absolute atomic E-state index is 6.90. The van der Waals surface area contributed by atoms with Crippen LogP contribution >= 0.6 is 0 Å². The summed E-state index contributed by atoms with van der Waals surface area (Å²) in [5.74, 6) is 2.43. The van der Waals surface area contributed by atoms with Crippen LogP contribution in [0.15, 0.2) is 170 Å². The van der Waals surface area contributed by atoms with E-state index in [0.717, 1.165) is 39.4 Å². The molecular weight excluding hydrogens is 841 g/mol. The SMILES string of the molecule is CC(C)(C)c1ccc(-c2ccc3c(c2)c2ccc(Oc4cccc(N5CN(c6cc(-c7ccccc7)cc(C(C)(C)C)c6)c6ccc(C(C)(C)C)cc65)c4)cc2n3-c2cc(C(C)(C)C)ccn2)cc1. The highest BCUT2D eigenvalue weighted by Crippen LogP contribution is 2.48. The Bertz CT molecular complexity index is 3370. The number of benzene rings is 7. The molecule has 5 nitrogen and oxygen atoms in total. The zero-order chi connectivity index (χ0) is 48.6. The predicted molar refractivity (Wildman–Crippen MR) is 293 cm³/mol. The second-order valence-electron chi connectivity index (χ2n) is 23.2. The third kappa shape index (κ3) is 8.92. The molecule has 5 heteroatoms. The molecule has 2 aromatic heterocycles. The molecule has 0 amide bonds. The molecule has 0 spiro atoms. The van der Waals surface area contributed by atoms with Gasteiger partial charge in [0.25, 0.3) is 0 Å². The summed E-state index contributed by atoms with van der Waals surface area (Å²) < 4.78 is 9.21. The Kier molecular flexibility index (Phi) is 11.1. The summed E-state index contributed by atoms with van der Waals surface area (Å²) in [6, 6.07) is 60.1. The fraction of sp³-hybridized carbons (Fsp3) is 0.266. The Morgan fingerprint density at radius 2 is 1.03 bits per heavy atom. The fourth-order valence-electron chi connectivity index (χ4n) is 9.68. The summed E-state index contributed by atoms with van der Waals surface area (Å²) >= 11 is 0. The van der Waals surface area contributed by atoms with E-state index < -0.39 is 0 Å². The molecule has 10 rings (SSSR count). The van der Waals surface area contributed by atoms with Crippen molar-refractivity contribution in [2.75, 3.05) is 16.5 Å². The first kappa shape index (κ1) is 45.7. The average Bonchev–Trinajstić information content (AvgIpc) is 3.86. The van der Waals surface area contributed by atoms with E-state index in [4.69, 9.17) is 9.72 Å². The number of fused-ring (bicyclic) bond motifs is 4. The lowest BCUT2D eigenvalue weighted by molar-refractivity contribution is 0.483. The van der Waals surface area contributed by atoms with Crippen molar-refractivity contribution in [1.82, 2.24) is 9.55 Å². The Hall–Kier alpha value is -7.11. The van der Waals surface area contributed by atoms with Gasteiger partial charge in [-0.25, -0.2) is 4.98 Å². The Morgan fingerprint density at radius 3 is 1.74 bits per heavy atom. The van der Waals surface area contributed by atoms with Gasteiger partial charge in [0.05, 0.1) is 22.4 Å². The number of ether oxygens (including phenoxy) is 1. The number of hydrogen-bond donors (Lipinski definition) is 0. The van der Waals surface area contributed by atoms with Gasteiger partial charge < -0.3 is 14.5 Å². The molecule has 7 aromatic carbocycles. The van der Waals surface area contributed by atoms with Crippen LogP contribution in [-0.4, -0.2) is 16.2 Å². The number of anilines is 4. The minimum Gasteiger partial charge on any atom is -0.457 e. The van der Waals surface area contributed by atoms with Crippen molar-refractivity contribution in [3.05, 3.63) is 192 Å². The molecule has 0 saturated heterocycles. The number of pyridine rings is 1. The van der Waals surface area contributed by atoms with Crippen LogP contribution in [0.4, 0.5) is 22.7 Å². The molecule has 348 valence electrons. The van der Waals surface area contributed by atoms with Gasteiger partial charge in [-0.2, -0.15) is 0 Å². The van der Waals surface area contributed by atoms with E-state index >= 15 is 0 Å². The maximum Gasteiger partial charge on any atom is 0.137 e. The summed E-state index contributed by atoms with van der Waals surface area (Å²) in [5.41, 5.74) is 16.8. The van der Waals surface area contributed by atoms with Crippen molar-refractivity contribution in [3.8, 4) is 39.6 Å². The summed E-state index contributed by atoms with van der Waals surface area (Å²) in [7, 11) is 0. The Balaban J connectivity index is 1.05. The maximum atomic E-state index is 6.90. The van der Waals surface area contributed by atoms with Gasteiger partial charge in [-0.1, -0.05) is 162 Å². The quantitative estimate of drug-likeness (QED) is 0.160. The summed E-state index contributed by atoms with van der Waals surface area (Å²) in [6.07, 6.45) is 1.94. The largest absolute Gasteiger partial charge is 0.457 e. The first-order valence-corrected chi connectivity index (χ1v) is 24.5. The lowest BCUT2D eigenvalue weighted by Gasteiger charge is -2.26. The molecule has 0 aliphatic carbocycles. The molecule has 0 fully saturated rings. The summed E-state index contributed by atoms with van der Waals surface area (Å²) in [4.78, 5) is 9.90. The average molecular weight is 907 g/mol. The second-order valence-corrected chi connectivity index (χ2v) is 23.2. The van der Waals surface area contributed by atoms with E-state index in [1.807, 2.05) is 6.20 Å². The zero-order valence-electron chi connectivity index (χ0n) is 42.6. The minimum atomic E-state index is -0.0368. The fourth-order valence-corrected chi connectivity index (χ4v) is 9.68. The number of aromatic nitrogens is 2. The second kappa shape index (κ2) is 16.8. The van der Waals surface area contributed by atoms with Gasteiger partial charge in [0.15, 0.2) is 0 Å². The molecule has 9 aromatic rings. The van der Waals surface area contributed by atoms with E-state index in [-0.39, 0.29) is 21.7 Å². The van der Waals surface area contributed by atoms with E-state index in [0.29, 0.717) is 6.67 Å². The van der Waals surface area contributed by atoms with Crippen molar-refractivity contribution in [2.24, 2.45) is 0 Å². The molecule has 0 radical (unpaired) electrons. The van der Waals surface area contributed by atoms with Crippen LogP contribution in [0.2, 0.25) is 0 Å². The van der Waals surface area contributed by atoms with Gasteiger partial charge in [0, 0.05) is 40.5 Å². The van der Waals surface area contributed by atoms with Crippen LogP contribution in [0.1, 0.15) is 105 Å². The third-order valence-corrected chi connectivity index (χ3v) is 13.9. The monoisotopic (exact) mass is 907 g/mol.